The zero-order valence-corrected chi connectivity index (χ0v) is 19.5. The second-order valence-electron chi connectivity index (χ2n) is 10.1. The lowest BCUT2D eigenvalue weighted by atomic mass is 9.91. The highest BCUT2D eigenvalue weighted by molar-refractivity contribution is 6.04. The monoisotopic (exact) mass is 481 g/mol. The van der Waals surface area contributed by atoms with Crippen LogP contribution in [0.4, 0.5) is 10.2 Å². The molecule has 3 heterocycles. The number of carbonyl (C=O) groups excluding carboxylic acids is 2. The summed E-state index contributed by atoms with van der Waals surface area (Å²) in [7, 11) is 0. The predicted octanol–water partition coefficient (Wildman–Crippen LogP) is 4.32. The van der Waals surface area contributed by atoms with Gasteiger partial charge in [0.15, 0.2) is 0 Å². The minimum atomic E-state index is -0.583. The topological polar surface area (TPSA) is 80.1 Å². The summed E-state index contributed by atoms with van der Waals surface area (Å²) in [6.45, 7) is 0. The quantitative estimate of drug-likeness (QED) is 0.460. The summed E-state index contributed by atoms with van der Waals surface area (Å²) in [5.41, 5.74) is 2.50. The van der Waals surface area contributed by atoms with Crippen LogP contribution in [-0.2, 0) is 9.59 Å². The first kappa shape index (κ1) is 21.2. The fraction of sp³-hybridized carbons (Fsp3) is 0.286. The lowest BCUT2D eigenvalue weighted by Crippen LogP contribution is -2.44. The minimum absolute atomic E-state index is 0.00947. The number of rotatable bonds is 5. The normalized spacial score (nSPS) is 22.4. The molecule has 2 atom stereocenters. The van der Waals surface area contributed by atoms with Crippen molar-refractivity contribution in [2.45, 2.75) is 37.8 Å². The maximum absolute atomic E-state index is 13.9. The minimum Gasteiger partial charge on any atom is -0.350 e. The summed E-state index contributed by atoms with van der Waals surface area (Å²) in [4.78, 5) is 33.4. The number of pyridine rings is 1. The molecule has 1 aliphatic heterocycles. The molecule has 36 heavy (non-hydrogen) atoms. The van der Waals surface area contributed by atoms with E-state index in [9.17, 15) is 14.0 Å². The Kier molecular flexibility index (Phi) is 4.55. The Morgan fingerprint density at radius 3 is 2.44 bits per heavy atom. The van der Waals surface area contributed by atoms with E-state index in [-0.39, 0.29) is 35.6 Å². The number of benzene rings is 2. The van der Waals surface area contributed by atoms with Gasteiger partial charge in [0, 0.05) is 5.92 Å². The van der Waals surface area contributed by atoms with Gasteiger partial charge in [-0.3, -0.25) is 14.5 Å². The third-order valence-electron chi connectivity index (χ3n) is 7.74. The molecule has 8 heteroatoms. The van der Waals surface area contributed by atoms with Crippen LogP contribution in [0.15, 0.2) is 72.9 Å². The Morgan fingerprint density at radius 2 is 1.75 bits per heavy atom. The second-order valence-corrected chi connectivity index (χ2v) is 10.1. The number of fused-ring (bicyclic) bond motifs is 1. The first-order valence-electron chi connectivity index (χ1n) is 12.3. The molecule has 1 saturated heterocycles. The van der Waals surface area contributed by atoms with Crippen LogP contribution < -0.4 is 10.2 Å². The molecule has 2 saturated carbocycles. The number of nitrogens with zero attached hydrogens (tertiary/aromatic N) is 4. The molecule has 2 amide bonds. The molecular weight excluding hydrogens is 457 g/mol. The Balaban J connectivity index is 1.31. The van der Waals surface area contributed by atoms with Crippen LogP contribution in [0.3, 0.4) is 0 Å². The van der Waals surface area contributed by atoms with Gasteiger partial charge in [0.25, 0.3) is 0 Å². The second kappa shape index (κ2) is 7.71. The molecule has 180 valence electrons. The van der Waals surface area contributed by atoms with Gasteiger partial charge in [-0.15, -0.1) is 0 Å². The van der Waals surface area contributed by atoms with Crippen molar-refractivity contribution in [3.63, 3.8) is 0 Å². The summed E-state index contributed by atoms with van der Waals surface area (Å²) in [6, 6.07) is 19.1. The van der Waals surface area contributed by atoms with E-state index in [1.807, 2.05) is 42.5 Å². The van der Waals surface area contributed by atoms with Crippen LogP contribution in [0.1, 0.15) is 37.3 Å². The van der Waals surface area contributed by atoms with Crippen LogP contribution in [0.5, 0.6) is 0 Å². The third kappa shape index (κ3) is 3.24. The Bertz CT molecular complexity index is 1490. The van der Waals surface area contributed by atoms with E-state index in [1.54, 1.807) is 27.9 Å². The van der Waals surface area contributed by atoms with Gasteiger partial charge in [-0.25, -0.2) is 14.1 Å². The highest BCUT2D eigenvalue weighted by Crippen LogP contribution is 2.60. The highest BCUT2D eigenvalue weighted by atomic mass is 19.1. The van der Waals surface area contributed by atoms with Crippen molar-refractivity contribution in [1.29, 1.82) is 0 Å². The van der Waals surface area contributed by atoms with E-state index in [0.717, 1.165) is 42.5 Å². The van der Waals surface area contributed by atoms with E-state index >= 15 is 0 Å². The molecule has 3 fully saturated rings. The average Bonchev–Trinajstić information content (AvgIpc) is 3.82. The van der Waals surface area contributed by atoms with Gasteiger partial charge in [0.05, 0.1) is 34.9 Å². The molecule has 0 unspecified atom stereocenters. The number of anilines is 1. The van der Waals surface area contributed by atoms with Crippen molar-refractivity contribution >= 4 is 28.7 Å². The Morgan fingerprint density at radius 1 is 1.00 bits per heavy atom. The predicted molar refractivity (Wildman–Crippen MR) is 132 cm³/mol. The van der Waals surface area contributed by atoms with E-state index in [0.29, 0.717) is 11.3 Å². The van der Waals surface area contributed by atoms with E-state index in [2.05, 4.69) is 10.4 Å². The maximum Gasteiger partial charge on any atom is 0.237 e. The number of amides is 2. The van der Waals surface area contributed by atoms with Gasteiger partial charge < -0.3 is 5.32 Å². The molecule has 1 spiro atoms. The van der Waals surface area contributed by atoms with Crippen LogP contribution in [0.2, 0.25) is 0 Å². The standard InChI is InChI=1S/C28H24FN5O2/c29-19-8-10-20(11-9-19)34-22-12-13-23(31-21(22)16-30-34)33-24(17-4-2-1-3-5-17)25(28(14-15-28)27(33)36)32-26(35)18-6-7-18/h1-5,8-13,16,18,24-25H,6-7,14-15H2,(H,32,35)/t24-,25-/m1/s1. The number of hydrogen-bond acceptors (Lipinski definition) is 4. The van der Waals surface area contributed by atoms with Crippen molar-refractivity contribution in [1.82, 2.24) is 20.1 Å². The average molecular weight is 482 g/mol. The van der Waals surface area contributed by atoms with Gasteiger partial charge >= 0.3 is 0 Å². The molecule has 2 aromatic heterocycles. The van der Waals surface area contributed by atoms with Crippen molar-refractivity contribution in [2.24, 2.45) is 11.3 Å². The molecule has 2 aromatic carbocycles. The summed E-state index contributed by atoms with van der Waals surface area (Å²) < 4.78 is 15.1. The maximum atomic E-state index is 13.9. The molecular formula is C28H24FN5O2. The van der Waals surface area contributed by atoms with E-state index in [4.69, 9.17) is 4.98 Å². The third-order valence-corrected chi connectivity index (χ3v) is 7.74. The highest BCUT2D eigenvalue weighted by Gasteiger charge is 2.67. The van der Waals surface area contributed by atoms with Gasteiger partial charge in [-0.2, -0.15) is 5.10 Å². The fourth-order valence-electron chi connectivity index (χ4n) is 5.51. The Labute approximate surface area is 206 Å². The number of nitrogens with one attached hydrogen (secondary N) is 1. The van der Waals surface area contributed by atoms with E-state index in [1.165, 1.54) is 12.1 Å². The summed E-state index contributed by atoms with van der Waals surface area (Å²) in [5.74, 6) is 0.344. The molecule has 0 bridgehead atoms. The number of aromatic nitrogens is 3. The molecule has 2 aliphatic carbocycles. The molecule has 4 aromatic rings. The molecule has 3 aliphatic rings. The number of halogens is 1. The Hall–Kier alpha value is -4.07. The first-order valence-corrected chi connectivity index (χ1v) is 12.3. The lowest BCUT2D eigenvalue weighted by molar-refractivity contribution is -0.124. The van der Waals surface area contributed by atoms with Crippen LogP contribution in [0.25, 0.3) is 16.7 Å². The molecule has 1 N–H and O–H groups in total. The summed E-state index contributed by atoms with van der Waals surface area (Å²) in [6.07, 6.45) is 4.99. The van der Waals surface area contributed by atoms with Crippen molar-refractivity contribution in [3.8, 4) is 5.69 Å². The molecule has 7 nitrogen and oxygen atoms in total. The van der Waals surface area contributed by atoms with Crippen molar-refractivity contribution < 1.29 is 14.0 Å². The van der Waals surface area contributed by atoms with Crippen LogP contribution >= 0.6 is 0 Å². The van der Waals surface area contributed by atoms with Gasteiger partial charge in [0.2, 0.25) is 11.8 Å². The number of carbonyl (C=O) groups is 2. The lowest BCUT2D eigenvalue weighted by Gasteiger charge is -2.29. The molecule has 7 rings (SSSR count). The van der Waals surface area contributed by atoms with Gasteiger partial charge in [-0.1, -0.05) is 30.3 Å². The van der Waals surface area contributed by atoms with Crippen molar-refractivity contribution in [2.75, 3.05) is 4.90 Å². The SMILES string of the molecule is O=C(N[C@@H]1[C@@H](c2ccccc2)N(c2ccc3c(cnn3-c3ccc(F)cc3)n2)C(=O)C12CC2)C1CC1. The largest absolute Gasteiger partial charge is 0.350 e. The zero-order chi connectivity index (χ0) is 24.4. The van der Waals surface area contributed by atoms with Gasteiger partial charge in [-0.05, 0) is 67.6 Å². The smallest absolute Gasteiger partial charge is 0.237 e. The fourth-order valence-corrected chi connectivity index (χ4v) is 5.51. The first-order chi connectivity index (χ1) is 17.5. The summed E-state index contributed by atoms with van der Waals surface area (Å²) >= 11 is 0. The number of hydrogen-bond donors (Lipinski definition) is 1. The van der Waals surface area contributed by atoms with Crippen LogP contribution in [0, 0.1) is 17.2 Å². The summed E-state index contributed by atoms with van der Waals surface area (Å²) in [5, 5.41) is 7.72. The molecule has 0 radical (unpaired) electrons. The van der Waals surface area contributed by atoms with Crippen LogP contribution in [-0.4, -0.2) is 32.6 Å². The van der Waals surface area contributed by atoms with Crippen molar-refractivity contribution in [3.05, 3.63) is 84.3 Å². The van der Waals surface area contributed by atoms with Gasteiger partial charge in [0.1, 0.15) is 17.2 Å². The van der Waals surface area contributed by atoms with E-state index < -0.39 is 5.41 Å². The zero-order valence-electron chi connectivity index (χ0n) is 19.5.